The predicted octanol–water partition coefficient (Wildman–Crippen LogP) is 3.46. The first kappa shape index (κ1) is 23.8. The third kappa shape index (κ3) is 6.52. The number of hydrogen-bond donors (Lipinski definition) is 2. The topological polar surface area (TPSA) is 111 Å². The molecule has 0 spiro atoms. The van der Waals surface area contributed by atoms with E-state index in [-0.39, 0.29) is 13.2 Å². The maximum absolute atomic E-state index is 14.7. The van der Waals surface area contributed by atoms with Gasteiger partial charge in [-0.15, -0.1) is 0 Å². The van der Waals surface area contributed by atoms with Crippen molar-refractivity contribution in [2.24, 2.45) is 5.92 Å². The van der Waals surface area contributed by atoms with Crippen LogP contribution in [0.4, 0.5) is 13.6 Å². The zero-order chi connectivity index (χ0) is 20.1. The molecule has 1 amide bonds. The lowest BCUT2D eigenvalue weighted by Crippen LogP contribution is -2.52. The van der Waals surface area contributed by atoms with E-state index in [1.54, 1.807) is 0 Å². The van der Waals surface area contributed by atoms with E-state index in [0.717, 1.165) is 6.92 Å². The molecule has 0 saturated heterocycles. The Kier molecular flexibility index (Phi) is 8.47. The van der Waals surface area contributed by atoms with Crippen molar-refractivity contribution in [1.29, 1.82) is 0 Å². The fraction of sp³-hybridized carbons (Fsp3) is 0.857. The highest BCUT2D eigenvalue weighted by Gasteiger charge is 2.60. The van der Waals surface area contributed by atoms with Crippen molar-refractivity contribution in [2.45, 2.75) is 58.8 Å². The molecule has 0 heterocycles. The molecule has 0 aromatic heterocycles. The summed E-state index contributed by atoms with van der Waals surface area (Å²) in [6, 6.07) is -2.07. The average molecular weight is 389 g/mol. The third-order valence-corrected chi connectivity index (χ3v) is 5.28. The normalized spacial score (nSPS) is 15.4. The van der Waals surface area contributed by atoms with Crippen LogP contribution in [0, 0.1) is 5.92 Å². The highest BCUT2D eigenvalue weighted by Crippen LogP contribution is 2.65. The molecule has 0 aliphatic rings. The van der Waals surface area contributed by atoms with E-state index >= 15 is 0 Å². The number of carbonyl (C=O) groups is 2. The molecule has 148 valence electrons. The van der Waals surface area contributed by atoms with Gasteiger partial charge in [-0.25, -0.2) is 9.59 Å². The van der Waals surface area contributed by atoms with Crippen LogP contribution in [0.25, 0.3) is 0 Å². The zero-order valence-electron chi connectivity index (χ0n) is 15.2. The van der Waals surface area contributed by atoms with Crippen LogP contribution in [0.1, 0.15) is 41.5 Å². The number of halogens is 2. The Labute approximate surface area is 145 Å². The second-order valence-electron chi connectivity index (χ2n) is 6.17. The van der Waals surface area contributed by atoms with Gasteiger partial charge in [0, 0.05) is 0 Å². The molecular weight excluding hydrogens is 363 g/mol. The molecule has 2 N–H and O–H groups in total. The van der Waals surface area contributed by atoms with Gasteiger partial charge in [-0.05, 0) is 34.6 Å². The van der Waals surface area contributed by atoms with Gasteiger partial charge in [-0.3, -0.25) is 4.57 Å². The molecular formula is C14H26F2NO7P. The van der Waals surface area contributed by atoms with E-state index in [1.165, 1.54) is 34.6 Å². The smallest absolute Gasteiger partial charge is 0.408 e. The zero-order valence-corrected chi connectivity index (χ0v) is 16.1. The van der Waals surface area contributed by atoms with Gasteiger partial charge >= 0.3 is 25.3 Å². The fourth-order valence-electron chi connectivity index (χ4n) is 1.83. The van der Waals surface area contributed by atoms with Gasteiger partial charge in [0.05, 0.1) is 19.1 Å². The summed E-state index contributed by atoms with van der Waals surface area (Å²) in [6.45, 7) is 7.46. The first-order valence-corrected chi connectivity index (χ1v) is 9.25. The number of amides is 1. The first-order chi connectivity index (χ1) is 11.2. The molecule has 0 unspecified atom stereocenters. The van der Waals surface area contributed by atoms with Gasteiger partial charge < -0.3 is 24.2 Å². The van der Waals surface area contributed by atoms with Gasteiger partial charge in [0.25, 0.3) is 0 Å². The highest BCUT2D eigenvalue weighted by molar-refractivity contribution is 7.55. The van der Waals surface area contributed by atoms with Gasteiger partial charge in [-0.2, -0.15) is 8.78 Å². The minimum atomic E-state index is -4.95. The van der Waals surface area contributed by atoms with Crippen molar-refractivity contribution >= 4 is 19.7 Å². The number of ether oxygens (including phenoxy) is 1. The van der Waals surface area contributed by atoms with Crippen LogP contribution in [0.3, 0.4) is 0 Å². The average Bonchev–Trinajstić information content (AvgIpc) is 2.42. The number of carboxylic acids is 1. The van der Waals surface area contributed by atoms with E-state index in [1.807, 2.05) is 5.32 Å². The quantitative estimate of drug-likeness (QED) is 0.581. The van der Waals surface area contributed by atoms with E-state index in [2.05, 4.69) is 9.05 Å². The Morgan fingerprint density at radius 3 is 1.92 bits per heavy atom. The Balaban J connectivity index is 5.56. The van der Waals surface area contributed by atoms with E-state index in [9.17, 15) is 28.0 Å². The second-order valence-corrected chi connectivity index (χ2v) is 8.28. The predicted molar refractivity (Wildman–Crippen MR) is 85.8 cm³/mol. The molecule has 0 aliphatic carbocycles. The van der Waals surface area contributed by atoms with Gasteiger partial charge in [-0.1, -0.05) is 6.92 Å². The summed E-state index contributed by atoms with van der Waals surface area (Å²) < 4.78 is 55.8. The monoisotopic (exact) mass is 389 g/mol. The number of carbonyl (C=O) groups excluding carboxylic acids is 1. The number of rotatable bonds is 9. The Hall–Kier alpha value is -1.25. The molecule has 0 radical (unpaired) electrons. The van der Waals surface area contributed by atoms with Crippen LogP contribution in [0.5, 0.6) is 0 Å². The van der Waals surface area contributed by atoms with Gasteiger partial charge in [0.1, 0.15) is 11.6 Å². The Morgan fingerprint density at radius 2 is 1.60 bits per heavy atom. The number of aliphatic carboxylic acids is 1. The van der Waals surface area contributed by atoms with Crippen molar-refractivity contribution in [2.75, 3.05) is 13.2 Å². The SMILES string of the molecule is CCOP(=O)(OCC)C(F)(F)[C@@H](C)[C@H](NC(=O)OC(C)(C)C)C(=O)O. The van der Waals surface area contributed by atoms with Crippen LogP contribution < -0.4 is 5.32 Å². The molecule has 0 aromatic carbocycles. The van der Waals surface area contributed by atoms with Gasteiger partial charge in [0.15, 0.2) is 0 Å². The van der Waals surface area contributed by atoms with Gasteiger partial charge in [0.2, 0.25) is 0 Å². The summed E-state index contributed by atoms with van der Waals surface area (Å²) in [5, 5.41) is 11.1. The largest absolute Gasteiger partial charge is 0.480 e. The summed E-state index contributed by atoms with van der Waals surface area (Å²) in [4.78, 5) is 23.1. The lowest BCUT2D eigenvalue weighted by molar-refractivity contribution is -0.144. The molecule has 0 fully saturated rings. The van der Waals surface area contributed by atoms with Crippen LogP contribution >= 0.6 is 7.60 Å². The molecule has 2 atom stereocenters. The summed E-state index contributed by atoms with van der Waals surface area (Å²) in [5.41, 5.74) is -5.11. The molecule has 11 heteroatoms. The number of alkyl halides is 2. The van der Waals surface area contributed by atoms with Crippen LogP contribution in [0.2, 0.25) is 0 Å². The number of carboxylic acid groups (broad SMARTS) is 1. The molecule has 0 aromatic rings. The lowest BCUT2D eigenvalue weighted by atomic mass is 10.0. The van der Waals surface area contributed by atoms with E-state index < -0.39 is 42.9 Å². The molecule has 8 nitrogen and oxygen atoms in total. The summed E-state index contributed by atoms with van der Waals surface area (Å²) >= 11 is 0. The van der Waals surface area contributed by atoms with Crippen molar-refractivity contribution in [3.05, 3.63) is 0 Å². The maximum Gasteiger partial charge on any atom is 0.408 e. The number of nitrogens with one attached hydrogen (secondary N) is 1. The molecule has 0 rings (SSSR count). The van der Waals surface area contributed by atoms with Crippen LogP contribution in [-0.4, -0.2) is 47.7 Å². The number of hydrogen-bond acceptors (Lipinski definition) is 6. The van der Waals surface area contributed by atoms with Crippen LogP contribution in [0.15, 0.2) is 0 Å². The minimum absolute atomic E-state index is 0.323. The van der Waals surface area contributed by atoms with Crippen molar-refractivity contribution in [3.63, 3.8) is 0 Å². The fourth-order valence-corrected chi connectivity index (χ4v) is 3.58. The lowest BCUT2D eigenvalue weighted by Gasteiger charge is -2.33. The minimum Gasteiger partial charge on any atom is -0.480 e. The Bertz CT molecular complexity index is 512. The van der Waals surface area contributed by atoms with Crippen molar-refractivity contribution < 1.29 is 41.8 Å². The third-order valence-electron chi connectivity index (χ3n) is 2.95. The first-order valence-electron chi connectivity index (χ1n) is 7.71. The summed E-state index contributed by atoms with van der Waals surface area (Å²) in [5.74, 6) is -3.83. The summed E-state index contributed by atoms with van der Waals surface area (Å²) in [7, 11) is -4.95. The maximum atomic E-state index is 14.7. The van der Waals surface area contributed by atoms with E-state index in [0.29, 0.717) is 0 Å². The molecule has 0 bridgehead atoms. The molecule has 25 heavy (non-hydrogen) atoms. The van der Waals surface area contributed by atoms with Crippen molar-refractivity contribution in [3.8, 4) is 0 Å². The highest BCUT2D eigenvalue weighted by atomic mass is 31.2. The standard InChI is InChI=1S/C14H26F2NO7P/c1-7-22-25(21,23-8-2)14(15,16)9(3)10(11(18)19)17-12(20)24-13(4,5)6/h9-10H,7-8H2,1-6H3,(H,17,20)(H,18,19)/t9-,10-/m0/s1. The van der Waals surface area contributed by atoms with E-state index in [4.69, 9.17) is 4.74 Å². The molecule has 0 aliphatic heterocycles. The van der Waals surface area contributed by atoms with Crippen LogP contribution in [-0.2, 0) is 23.1 Å². The second kappa shape index (κ2) is 8.91. The molecule has 0 saturated carbocycles. The van der Waals surface area contributed by atoms with Crippen molar-refractivity contribution in [1.82, 2.24) is 5.32 Å². The summed E-state index contributed by atoms with van der Waals surface area (Å²) in [6.07, 6.45) is -1.19. The number of alkyl carbamates (subject to hydrolysis) is 1. The Morgan fingerprint density at radius 1 is 1.16 bits per heavy atom.